The topological polar surface area (TPSA) is 52.6 Å². The van der Waals surface area contributed by atoms with Gasteiger partial charge in [0, 0.05) is 5.92 Å². The first-order valence-electron chi connectivity index (χ1n) is 4.07. The Morgan fingerprint density at radius 2 is 2.17 bits per heavy atom. The van der Waals surface area contributed by atoms with Gasteiger partial charge in [0.25, 0.3) is 0 Å². The molecule has 4 heteroatoms. The normalized spacial score (nSPS) is 25.0. The molecule has 0 aliphatic carbocycles. The second-order valence-electron chi connectivity index (χ2n) is 2.98. The minimum absolute atomic E-state index is 0.0500. The number of cyclic esters (lactones) is 3. The van der Waals surface area contributed by atoms with E-state index < -0.39 is 18.2 Å². The molecule has 12 heavy (non-hydrogen) atoms. The van der Waals surface area contributed by atoms with Gasteiger partial charge >= 0.3 is 12.1 Å². The summed E-state index contributed by atoms with van der Waals surface area (Å²) in [7, 11) is 0. The van der Waals surface area contributed by atoms with Crippen LogP contribution >= 0.6 is 0 Å². The number of hydrogen-bond acceptors (Lipinski definition) is 4. The predicted octanol–water partition coefficient (Wildman–Crippen LogP) is 1.48. The van der Waals surface area contributed by atoms with Crippen LogP contribution in [0.4, 0.5) is 4.79 Å². The lowest BCUT2D eigenvalue weighted by molar-refractivity contribution is -0.138. The largest absolute Gasteiger partial charge is 0.517 e. The van der Waals surface area contributed by atoms with E-state index in [0.717, 1.165) is 12.8 Å². The van der Waals surface area contributed by atoms with Crippen LogP contribution in [-0.2, 0) is 14.3 Å². The molecule has 0 bridgehead atoms. The zero-order valence-corrected chi connectivity index (χ0v) is 7.20. The summed E-state index contributed by atoms with van der Waals surface area (Å²) < 4.78 is 8.92. The van der Waals surface area contributed by atoms with Gasteiger partial charge in [0.1, 0.15) is 0 Å². The third kappa shape index (κ3) is 1.75. The predicted molar refractivity (Wildman–Crippen MR) is 40.4 cm³/mol. The van der Waals surface area contributed by atoms with Crippen molar-refractivity contribution in [2.45, 2.75) is 32.8 Å². The zero-order chi connectivity index (χ0) is 9.14. The van der Waals surface area contributed by atoms with Gasteiger partial charge in [-0.3, -0.25) is 0 Å². The molecule has 0 aromatic rings. The average molecular weight is 172 g/mol. The van der Waals surface area contributed by atoms with E-state index in [1.807, 2.05) is 13.8 Å². The van der Waals surface area contributed by atoms with E-state index in [1.165, 1.54) is 0 Å². The summed E-state index contributed by atoms with van der Waals surface area (Å²) in [6.07, 6.45) is 0.264. The molecule has 1 aliphatic heterocycles. The lowest BCUT2D eigenvalue weighted by Crippen LogP contribution is -2.24. The Hall–Kier alpha value is -1.06. The van der Waals surface area contributed by atoms with E-state index in [0.29, 0.717) is 0 Å². The highest BCUT2D eigenvalue weighted by Gasteiger charge is 2.38. The quantitative estimate of drug-likeness (QED) is 0.478. The van der Waals surface area contributed by atoms with Gasteiger partial charge in [-0.25, -0.2) is 9.59 Å². The maximum atomic E-state index is 10.9. The van der Waals surface area contributed by atoms with E-state index in [-0.39, 0.29) is 5.92 Å². The summed E-state index contributed by atoms with van der Waals surface area (Å²) in [6, 6.07) is 0. The third-order valence-corrected chi connectivity index (χ3v) is 1.90. The second-order valence-corrected chi connectivity index (χ2v) is 2.98. The monoisotopic (exact) mass is 172 g/mol. The minimum Gasteiger partial charge on any atom is -0.418 e. The van der Waals surface area contributed by atoms with Crippen LogP contribution in [0.3, 0.4) is 0 Å². The summed E-state index contributed by atoms with van der Waals surface area (Å²) in [4.78, 5) is 21.4. The average Bonchev–Trinajstić information content (AvgIpc) is 2.30. The molecule has 0 saturated carbocycles. The Kier molecular flexibility index (Phi) is 2.68. The van der Waals surface area contributed by atoms with Gasteiger partial charge in [-0.2, -0.15) is 0 Å². The van der Waals surface area contributed by atoms with Gasteiger partial charge < -0.3 is 9.47 Å². The van der Waals surface area contributed by atoms with E-state index in [2.05, 4.69) is 9.47 Å². The van der Waals surface area contributed by atoms with Crippen LogP contribution in [0.15, 0.2) is 0 Å². The Balaban J connectivity index is 2.51. The summed E-state index contributed by atoms with van der Waals surface area (Å²) in [6.45, 7) is 3.88. The van der Waals surface area contributed by atoms with Crippen LogP contribution in [-0.4, -0.2) is 18.2 Å². The molecule has 0 aromatic heterocycles. The first-order chi connectivity index (χ1) is 5.65. The van der Waals surface area contributed by atoms with E-state index >= 15 is 0 Å². The molecule has 1 rings (SSSR count). The fourth-order valence-electron chi connectivity index (χ4n) is 1.27. The highest BCUT2D eigenvalue weighted by molar-refractivity contribution is 5.91. The molecular weight excluding hydrogens is 160 g/mol. The zero-order valence-electron chi connectivity index (χ0n) is 7.20. The summed E-state index contributed by atoms with van der Waals surface area (Å²) in [5.74, 6) is -0.505. The summed E-state index contributed by atoms with van der Waals surface area (Å²) in [5, 5.41) is 0. The van der Waals surface area contributed by atoms with E-state index in [9.17, 15) is 9.59 Å². The molecule has 0 N–H and O–H groups in total. The molecule has 1 fully saturated rings. The molecule has 1 saturated heterocycles. The molecule has 0 radical (unpaired) electrons. The fraction of sp³-hybridized carbons (Fsp3) is 0.750. The van der Waals surface area contributed by atoms with E-state index in [1.54, 1.807) is 0 Å². The van der Waals surface area contributed by atoms with Gasteiger partial charge in [-0.05, 0) is 6.42 Å². The number of rotatable bonds is 3. The second kappa shape index (κ2) is 3.56. The van der Waals surface area contributed by atoms with Gasteiger partial charge in [0.2, 0.25) is 6.10 Å². The van der Waals surface area contributed by atoms with Crippen molar-refractivity contribution in [2.24, 2.45) is 5.92 Å². The van der Waals surface area contributed by atoms with Crippen molar-refractivity contribution in [3.8, 4) is 0 Å². The van der Waals surface area contributed by atoms with Crippen LogP contribution in [0.25, 0.3) is 0 Å². The summed E-state index contributed by atoms with van der Waals surface area (Å²) >= 11 is 0. The maximum absolute atomic E-state index is 10.9. The molecule has 2 atom stereocenters. The molecular formula is C8H12O4. The molecule has 1 aliphatic rings. The van der Waals surface area contributed by atoms with Crippen molar-refractivity contribution in [1.82, 2.24) is 0 Å². The number of carbonyl (C=O) groups is 2. The highest BCUT2D eigenvalue weighted by atomic mass is 16.8. The molecule has 0 amide bonds. The Morgan fingerprint density at radius 3 is 2.58 bits per heavy atom. The third-order valence-electron chi connectivity index (χ3n) is 1.90. The van der Waals surface area contributed by atoms with Crippen molar-refractivity contribution < 1.29 is 19.1 Å². The van der Waals surface area contributed by atoms with Crippen molar-refractivity contribution >= 4 is 12.1 Å². The highest BCUT2D eigenvalue weighted by Crippen LogP contribution is 2.20. The van der Waals surface area contributed by atoms with Gasteiger partial charge in [-0.15, -0.1) is 0 Å². The van der Waals surface area contributed by atoms with Crippen LogP contribution in [0, 0.1) is 5.92 Å². The fourth-order valence-corrected chi connectivity index (χ4v) is 1.27. The number of ether oxygens (including phenoxy) is 2. The molecule has 0 spiro atoms. The van der Waals surface area contributed by atoms with Crippen molar-refractivity contribution in [3.63, 3.8) is 0 Å². The Bertz CT molecular complexity index is 199. The SMILES string of the molecule is CCCC(C)[C@H]1OC(=O)OC1=O. The van der Waals surface area contributed by atoms with Crippen LogP contribution < -0.4 is 0 Å². The van der Waals surface area contributed by atoms with Crippen LogP contribution in [0.1, 0.15) is 26.7 Å². The number of carbonyl (C=O) groups excluding carboxylic acids is 2. The minimum atomic E-state index is -0.868. The van der Waals surface area contributed by atoms with E-state index in [4.69, 9.17) is 0 Å². The Morgan fingerprint density at radius 1 is 1.50 bits per heavy atom. The maximum Gasteiger partial charge on any atom is 0.517 e. The van der Waals surface area contributed by atoms with Crippen molar-refractivity contribution in [1.29, 1.82) is 0 Å². The van der Waals surface area contributed by atoms with Crippen LogP contribution in [0.5, 0.6) is 0 Å². The standard InChI is InChI=1S/C8H12O4/c1-3-4-5(2)6-7(9)12-8(10)11-6/h5-6H,3-4H2,1-2H3/t5?,6-/m1/s1. The molecule has 68 valence electrons. The lowest BCUT2D eigenvalue weighted by atomic mass is 10.00. The smallest absolute Gasteiger partial charge is 0.418 e. The van der Waals surface area contributed by atoms with Gasteiger partial charge in [0.15, 0.2) is 0 Å². The van der Waals surface area contributed by atoms with Gasteiger partial charge in [0.05, 0.1) is 0 Å². The van der Waals surface area contributed by atoms with Gasteiger partial charge in [-0.1, -0.05) is 20.3 Å². The Labute approximate surface area is 70.8 Å². The molecule has 4 nitrogen and oxygen atoms in total. The molecule has 1 heterocycles. The lowest BCUT2D eigenvalue weighted by Gasteiger charge is -2.12. The van der Waals surface area contributed by atoms with Crippen molar-refractivity contribution in [3.05, 3.63) is 0 Å². The van der Waals surface area contributed by atoms with Crippen LogP contribution in [0.2, 0.25) is 0 Å². The number of hydrogen-bond donors (Lipinski definition) is 0. The molecule has 1 unspecified atom stereocenters. The summed E-state index contributed by atoms with van der Waals surface area (Å²) in [5.41, 5.74) is 0. The number of esters is 1. The van der Waals surface area contributed by atoms with Crippen molar-refractivity contribution in [2.75, 3.05) is 0 Å². The molecule has 0 aromatic carbocycles. The first kappa shape index (κ1) is 9.03. The first-order valence-corrected chi connectivity index (χ1v) is 4.07.